The Morgan fingerprint density at radius 1 is 1.04 bits per heavy atom. The van der Waals surface area contributed by atoms with Crippen molar-refractivity contribution in [2.45, 2.75) is 6.92 Å². The largest absolute Gasteiger partial charge is 0.493 e. The van der Waals surface area contributed by atoms with Gasteiger partial charge in [0, 0.05) is 23.4 Å². The summed E-state index contributed by atoms with van der Waals surface area (Å²) in [5.74, 6) is -0.203. The number of hydrogen-bond acceptors (Lipinski definition) is 4. The zero-order valence-corrected chi connectivity index (χ0v) is 14.7. The predicted octanol–water partition coefficient (Wildman–Crippen LogP) is 3.69. The number of methoxy groups -OCH3 is 2. The molecule has 2 N–H and O–H groups in total. The number of rotatable bonds is 5. The number of ether oxygens (including phenoxy) is 2. The molecule has 25 heavy (non-hydrogen) atoms. The summed E-state index contributed by atoms with van der Waals surface area (Å²) in [6, 6.07) is 8.48. The molecule has 0 saturated carbocycles. The lowest BCUT2D eigenvalue weighted by Crippen LogP contribution is -2.25. The van der Waals surface area contributed by atoms with Gasteiger partial charge in [0.1, 0.15) is 11.6 Å². The second kappa shape index (κ2) is 8.39. The molecule has 0 aromatic heterocycles. The average Bonchev–Trinajstić information content (AvgIpc) is 2.59. The molecule has 0 aliphatic rings. The van der Waals surface area contributed by atoms with Crippen LogP contribution in [0, 0.1) is 11.6 Å². The molecule has 0 bridgehead atoms. The fourth-order valence-electron chi connectivity index (χ4n) is 2.05. The van der Waals surface area contributed by atoms with Crippen molar-refractivity contribution in [2.75, 3.05) is 19.5 Å². The number of hydrogen-bond donors (Lipinski definition) is 2. The van der Waals surface area contributed by atoms with Crippen molar-refractivity contribution in [3.05, 3.63) is 53.6 Å². The Labute approximate surface area is 149 Å². The van der Waals surface area contributed by atoms with Crippen LogP contribution in [0.3, 0.4) is 0 Å². The average molecular weight is 365 g/mol. The molecule has 5 nitrogen and oxygen atoms in total. The first kappa shape index (κ1) is 18.6. The zero-order chi connectivity index (χ0) is 18.4. The number of anilines is 1. The summed E-state index contributed by atoms with van der Waals surface area (Å²) in [6.45, 7) is 1.59. The molecule has 0 radical (unpaired) electrons. The predicted molar refractivity (Wildman–Crippen MR) is 97.5 cm³/mol. The third-order valence-electron chi connectivity index (χ3n) is 3.29. The summed E-state index contributed by atoms with van der Waals surface area (Å²) in [7, 11) is 3.08. The lowest BCUT2D eigenvalue weighted by molar-refractivity contribution is 0.355. The number of hydrazone groups is 1. The summed E-state index contributed by atoms with van der Waals surface area (Å²) in [6.07, 6.45) is 0. The Bertz CT molecular complexity index is 812. The van der Waals surface area contributed by atoms with E-state index in [1.54, 1.807) is 32.2 Å². The van der Waals surface area contributed by atoms with Crippen LogP contribution in [0.2, 0.25) is 0 Å². The molecule has 132 valence electrons. The minimum atomic E-state index is -0.693. The smallest absolute Gasteiger partial charge is 0.191 e. The maximum Gasteiger partial charge on any atom is 0.191 e. The first-order chi connectivity index (χ1) is 11.9. The Kier molecular flexibility index (Phi) is 6.24. The number of halogens is 2. The molecule has 2 aromatic carbocycles. The van der Waals surface area contributed by atoms with Crippen LogP contribution in [0.1, 0.15) is 12.5 Å². The van der Waals surface area contributed by atoms with Gasteiger partial charge in [0.05, 0.1) is 19.9 Å². The van der Waals surface area contributed by atoms with Crippen LogP contribution in [0.5, 0.6) is 11.5 Å². The van der Waals surface area contributed by atoms with E-state index >= 15 is 0 Å². The maximum atomic E-state index is 13.7. The van der Waals surface area contributed by atoms with Gasteiger partial charge >= 0.3 is 0 Å². The van der Waals surface area contributed by atoms with Crippen LogP contribution in [-0.4, -0.2) is 25.0 Å². The quantitative estimate of drug-likeness (QED) is 0.481. The van der Waals surface area contributed by atoms with Crippen molar-refractivity contribution in [3.8, 4) is 11.5 Å². The molecule has 0 spiro atoms. The Hall–Kier alpha value is -2.74. The highest BCUT2D eigenvalue weighted by Gasteiger charge is 2.08. The van der Waals surface area contributed by atoms with Gasteiger partial charge in [0.25, 0.3) is 0 Å². The number of nitrogens with one attached hydrogen (secondary N) is 2. The van der Waals surface area contributed by atoms with Gasteiger partial charge in [-0.3, -0.25) is 5.43 Å². The third-order valence-corrected chi connectivity index (χ3v) is 3.48. The van der Waals surface area contributed by atoms with E-state index in [9.17, 15) is 8.78 Å². The van der Waals surface area contributed by atoms with E-state index < -0.39 is 11.6 Å². The standard InChI is InChI=1S/C17H17F2N3O2S/c1-10(13-6-4-11(18)8-14(13)19)21-22-17(25)20-12-5-7-15(23-2)16(9-12)24-3/h4-9H,1-3H3,(H2,20,22,25)/b21-10-. The highest BCUT2D eigenvalue weighted by Crippen LogP contribution is 2.29. The monoisotopic (exact) mass is 365 g/mol. The number of benzene rings is 2. The minimum absolute atomic E-state index is 0.183. The number of nitrogens with zero attached hydrogens (tertiary/aromatic N) is 1. The molecule has 8 heteroatoms. The Balaban J connectivity index is 2.04. The second-order valence-electron chi connectivity index (χ2n) is 4.96. The maximum absolute atomic E-state index is 13.7. The fourth-order valence-corrected chi connectivity index (χ4v) is 2.21. The fraction of sp³-hybridized carbons (Fsp3) is 0.176. The van der Waals surface area contributed by atoms with Crippen LogP contribution in [-0.2, 0) is 0 Å². The summed E-state index contributed by atoms with van der Waals surface area (Å²) < 4.78 is 37.0. The topological polar surface area (TPSA) is 54.9 Å². The van der Waals surface area contributed by atoms with Crippen molar-refractivity contribution >= 4 is 28.7 Å². The van der Waals surface area contributed by atoms with Crippen LogP contribution in [0.25, 0.3) is 0 Å². The van der Waals surface area contributed by atoms with Gasteiger partial charge in [-0.05, 0) is 43.4 Å². The van der Waals surface area contributed by atoms with E-state index in [4.69, 9.17) is 21.7 Å². The molecule has 0 amide bonds. The van der Waals surface area contributed by atoms with E-state index in [2.05, 4.69) is 15.8 Å². The van der Waals surface area contributed by atoms with E-state index in [1.165, 1.54) is 13.2 Å². The summed E-state index contributed by atoms with van der Waals surface area (Å²) in [5, 5.41) is 7.13. The van der Waals surface area contributed by atoms with E-state index in [0.717, 1.165) is 12.1 Å². The van der Waals surface area contributed by atoms with Crippen LogP contribution >= 0.6 is 12.2 Å². The first-order valence-electron chi connectivity index (χ1n) is 7.23. The summed E-state index contributed by atoms with van der Waals surface area (Å²) in [5.41, 5.74) is 3.79. The molecule has 0 atom stereocenters. The molecule has 0 saturated heterocycles. The lowest BCUT2D eigenvalue weighted by Gasteiger charge is -2.12. The van der Waals surface area contributed by atoms with Gasteiger partial charge in [-0.1, -0.05) is 0 Å². The summed E-state index contributed by atoms with van der Waals surface area (Å²) >= 11 is 5.14. The molecule has 0 heterocycles. The third kappa shape index (κ3) is 4.87. The molecule has 0 aliphatic carbocycles. The van der Waals surface area contributed by atoms with Crippen molar-refractivity contribution < 1.29 is 18.3 Å². The highest BCUT2D eigenvalue weighted by atomic mass is 32.1. The van der Waals surface area contributed by atoms with E-state index in [1.807, 2.05) is 0 Å². The van der Waals surface area contributed by atoms with Crippen molar-refractivity contribution in [1.82, 2.24) is 5.43 Å². The number of thiocarbonyl (C=S) groups is 1. The minimum Gasteiger partial charge on any atom is -0.493 e. The van der Waals surface area contributed by atoms with Gasteiger partial charge in [-0.2, -0.15) is 5.10 Å². The Morgan fingerprint density at radius 2 is 1.76 bits per heavy atom. The van der Waals surface area contributed by atoms with Crippen LogP contribution in [0.4, 0.5) is 14.5 Å². The van der Waals surface area contributed by atoms with E-state index in [0.29, 0.717) is 22.9 Å². The highest BCUT2D eigenvalue weighted by molar-refractivity contribution is 7.80. The summed E-state index contributed by atoms with van der Waals surface area (Å²) in [4.78, 5) is 0. The van der Waals surface area contributed by atoms with Gasteiger partial charge in [-0.15, -0.1) is 0 Å². The van der Waals surface area contributed by atoms with Crippen molar-refractivity contribution in [1.29, 1.82) is 0 Å². The molecule has 0 aliphatic heterocycles. The second-order valence-corrected chi connectivity index (χ2v) is 5.37. The van der Waals surface area contributed by atoms with Crippen molar-refractivity contribution in [3.63, 3.8) is 0 Å². The molecule has 0 fully saturated rings. The molecular weight excluding hydrogens is 348 g/mol. The molecular formula is C17H17F2N3O2S. The lowest BCUT2D eigenvalue weighted by atomic mass is 10.1. The first-order valence-corrected chi connectivity index (χ1v) is 7.64. The van der Waals surface area contributed by atoms with Gasteiger partial charge in [-0.25, -0.2) is 8.78 Å². The molecule has 2 rings (SSSR count). The van der Waals surface area contributed by atoms with Crippen LogP contribution in [0.15, 0.2) is 41.5 Å². The Morgan fingerprint density at radius 3 is 2.40 bits per heavy atom. The molecule has 0 unspecified atom stereocenters. The molecule has 2 aromatic rings. The van der Waals surface area contributed by atoms with E-state index in [-0.39, 0.29) is 10.7 Å². The normalized spacial score (nSPS) is 11.0. The van der Waals surface area contributed by atoms with Gasteiger partial charge in [0.2, 0.25) is 0 Å². The van der Waals surface area contributed by atoms with Gasteiger partial charge in [0.15, 0.2) is 16.6 Å². The van der Waals surface area contributed by atoms with Crippen LogP contribution < -0.4 is 20.2 Å². The SMILES string of the molecule is COc1ccc(NC(=S)N/N=C(/C)c2ccc(F)cc2F)cc1OC. The van der Waals surface area contributed by atoms with Crippen molar-refractivity contribution in [2.24, 2.45) is 5.10 Å². The zero-order valence-electron chi connectivity index (χ0n) is 13.9. The van der Waals surface area contributed by atoms with Gasteiger partial charge < -0.3 is 14.8 Å².